The first-order valence-electron chi connectivity index (χ1n) is 11.3. The van der Waals surface area contributed by atoms with Crippen LogP contribution in [0.15, 0.2) is 53.9 Å². The van der Waals surface area contributed by atoms with Gasteiger partial charge in [0.25, 0.3) is 0 Å². The molecular weight excluding hydrogens is 448 g/mol. The molecule has 2 unspecified atom stereocenters. The number of aromatic nitrogens is 4. The summed E-state index contributed by atoms with van der Waals surface area (Å²) < 4.78 is 19.1. The maximum Gasteiger partial charge on any atom is 0.356 e. The lowest BCUT2D eigenvalue weighted by atomic mass is 10.2. The van der Waals surface area contributed by atoms with Crippen LogP contribution >= 0.6 is 0 Å². The van der Waals surface area contributed by atoms with Gasteiger partial charge < -0.3 is 23.7 Å². The summed E-state index contributed by atoms with van der Waals surface area (Å²) in [5.41, 5.74) is 1.72. The van der Waals surface area contributed by atoms with Gasteiger partial charge in [0.1, 0.15) is 36.3 Å². The summed E-state index contributed by atoms with van der Waals surface area (Å²) in [4.78, 5) is 31.2. The maximum atomic E-state index is 11.8. The molecule has 180 valence electrons. The van der Waals surface area contributed by atoms with Crippen molar-refractivity contribution in [3.05, 3.63) is 54.6 Å². The SMILES string of the molecule is COC(=O)c1ccc2ccc(OCC3CCC(n4ccc5c(N=CN(C)C)ncnc54)O3)cc2n1. The van der Waals surface area contributed by atoms with Gasteiger partial charge in [0.2, 0.25) is 0 Å². The highest BCUT2D eigenvalue weighted by Gasteiger charge is 2.28. The molecule has 4 aromatic rings. The van der Waals surface area contributed by atoms with Gasteiger partial charge in [-0.1, -0.05) is 6.07 Å². The third-order valence-electron chi connectivity index (χ3n) is 5.79. The minimum Gasteiger partial charge on any atom is -0.491 e. The summed E-state index contributed by atoms with van der Waals surface area (Å²) >= 11 is 0. The predicted molar refractivity (Wildman–Crippen MR) is 131 cm³/mol. The molecule has 2 atom stereocenters. The Morgan fingerprint density at radius 1 is 1.23 bits per heavy atom. The van der Waals surface area contributed by atoms with E-state index in [0.29, 0.717) is 23.7 Å². The van der Waals surface area contributed by atoms with Gasteiger partial charge in [0.05, 0.1) is 30.5 Å². The third kappa shape index (κ3) is 4.78. The fourth-order valence-electron chi connectivity index (χ4n) is 4.07. The third-order valence-corrected chi connectivity index (χ3v) is 5.79. The quantitative estimate of drug-likeness (QED) is 0.227. The second kappa shape index (κ2) is 9.67. The van der Waals surface area contributed by atoms with Gasteiger partial charge in [0, 0.05) is 31.7 Å². The summed E-state index contributed by atoms with van der Waals surface area (Å²) in [6.07, 6.45) is 6.72. The molecule has 10 nitrogen and oxygen atoms in total. The Balaban J connectivity index is 1.26. The number of aliphatic imine (C=N–C) groups is 1. The lowest BCUT2D eigenvalue weighted by Gasteiger charge is -2.16. The minimum atomic E-state index is -0.469. The highest BCUT2D eigenvalue weighted by Crippen LogP contribution is 2.33. The summed E-state index contributed by atoms with van der Waals surface area (Å²) in [5, 5.41) is 1.79. The first-order valence-corrected chi connectivity index (χ1v) is 11.3. The Morgan fingerprint density at radius 2 is 2.09 bits per heavy atom. The Kier molecular flexibility index (Phi) is 6.28. The van der Waals surface area contributed by atoms with E-state index < -0.39 is 5.97 Å². The van der Waals surface area contributed by atoms with Crippen LogP contribution < -0.4 is 4.74 Å². The van der Waals surface area contributed by atoms with Gasteiger partial charge in [-0.05, 0) is 37.1 Å². The fraction of sp³-hybridized carbons (Fsp3) is 0.320. The van der Waals surface area contributed by atoms with Crippen molar-refractivity contribution in [3.63, 3.8) is 0 Å². The van der Waals surface area contributed by atoms with E-state index in [-0.39, 0.29) is 18.0 Å². The van der Waals surface area contributed by atoms with Gasteiger partial charge >= 0.3 is 5.97 Å². The summed E-state index contributed by atoms with van der Waals surface area (Å²) in [7, 11) is 5.16. The van der Waals surface area contributed by atoms with E-state index in [1.54, 1.807) is 12.4 Å². The van der Waals surface area contributed by atoms with E-state index in [0.717, 1.165) is 29.3 Å². The van der Waals surface area contributed by atoms with Crippen molar-refractivity contribution in [2.45, 2.75) is 25.2 Å². The molecule has 3 aromatic heterocycles. The van der Waals surface area contributed by atoms with Crippen molar-refractivity contribution in [2.24, 2.45) is 4.99 Å². The number of benzene rings is 1. The molecule has 1 fully saturated rings. The van der Waals surface area contributed by atoms with Crippen molar-refractivity contribution in [2.75, 3.05) is 27.8 Å². The standard InChI is InChI=1S/C25H26N6O4/c1-30(2)15-28-23-19-10-11-31(24(19)27-14-26-23)22-9-7-18(35-22)13-34-17-6-4-16-5-8-20(25(32)33-3)29-21(16)12-17/h4-6,8,10-12,14-15,18,22H,7,9,13H2,1-3H3. The number of pyridine rings is 1. The van der Waals surface area contributed by atoms with Crippen LogP contribution in [0.3, 0.4) is 0 Å². The van der Waals surface area contributed by atoms with Crippen LogP contribution in [0.4, 0.5) is 5.82 Å². The summed E-state index contributed by atoms with van der Waals surface area (Å²) in [5.74, 6) is 0.824. The number of carbonyl (C=O) groups is 1. The Bertz CT molecular complexity index is 1400. The van der Waals surface area contributed by atoms with Gasteiger partial charge in [-0.15, -0.1) is 0 Å². The minimum absolute atomic E-state index is 0.0596. The monoisotopic (exact) mass is 474 g/mol. The van der Waals surface area contributed by atoms with Crippen LogP contribution in [0.1, 0.15) is 29.6 Å². The number of nitrogens with zero attached hydrogens (tertiary/aromatic N) is 6. The Morgan fingerprint density at radius 3 is 2.91 bits per heavy atom. The van der Waals surface area contributed by atoms with Crippen molar-refractivity contribution in [1.82, 2.24) is 24.4 Å². The number of hydrogen-bond donors (Lipinski definition) is 0. The number of esters is 1. The lowest BCUT2D eigenvalue weighted by molar-refractivity contribution is -0.0156. The fourth-order valence-corrected chi connectivity index (χ4v) is 4.07. The molecule has 5 rings (SSSR count). The van der Waals surface area contributed by atoms with E-state index in [9.17, 15) is 4.79 Å². The van der Waals surface area contributed by atoms with Gasteiger partial charge in [-0.3, -0.25) is 0 Å². The first-order chi connectivity index (χ1) is 17.0. The largest absolute Gasteiger partial charge is 0.491 e. The summed E-state index contributed by atoms with van der Waals surface area (Å²) in [6, 6.07) is 11.1. The zero-order chi connectivity index (χ0) is 24.4. The molecule has 35 heavy (non-hydrogen) atoms. The molecule has 0 bridgehead atoms. The van der Waals surface area contributed by atoms with Crippen molar-refractivity contribution in [3.8, 4) is 5.75 Å². The van der Waals surface area contributed by atoms with Crippen LogP contribution in [-0.4, -0.2) is 70.6 Å². The molecule has 10 heteroatoms. The van der Waals surface area contributed by atoms with Crippen LogP contribution in [-0.2, 0) is 9.47 Å². The number of fused-ring (bicyclic) bond motifs is 2. The average molecular weight is 475 g/mol. The molecule has 1 aliphatic heterocycles. The smallest absolute Gasteiger partial charge is 0.356 e. The maximum absolute atomic E-state index is 11.8. The summed E-state index contributed by atoms with van der Waals surface area (Å²) in [6.45, 7) is 0.408. The number of hydrogen-bond acceptors (Lipinski definition) is 8. The molecule has 1 saturated heterocycles. The second-order valence-electron chi connectivity index (χ2n) is 8.51. The van der Waals surface area contributed by atoms with Crippen LogP contribution in [0.5, 0.6) is 5.75 Å². The highest BCUT2D eigenvalue weighted by molar-refractivity contribution is 5.91. The topological polar surface area (TPSA) is 104 Å². The molecule has 1 aromatic carbocycles. The number of rotatable bonds is 7. The van der Waals surface area contributed by atoms with Crippen LogP contribution in [0.2, 0.25) is 0 Å². The molecule has 4 heterocycles. The zero-order valence-corrected chi connectivity index (χ0v) is 19.8. The van der Waals surface area contributed by atoms with E-state index in [2.05, 4.69) is 19.9 Å². The van der Waals surface area contributed by atoms with Gasteiger partial charge in [-0.25, -0.2) is 24.7 Å². The van der Waals surface area contributed by atoms with Gasteiger partial charge in [0.15, 0.2) is 5.82 Å². The zero-order valence-electron chi connectivity index (χ0n) is 19.8. The normalized spacial score (nSPS) is 17.9. The van der Waals surface area contributed by atoms with E-state index in [1.165, 1.54) is 13.4 Å². The van der Waals surface area contributed by atoms with Crippen LogP contribution in [0, 0.1) is 0 Å². The molecule has 0 N–H and O–H groups in total. The van der Waals surface area contributed by atoms with Crippen molar-refractivity contribution < 1.29 is 19.0 Å². The van der Waals surface area contributed by atoms with Crippen LogP contribution in [0.25, 0.3) is 21.9 Å². The van der Waals surface area contributed by atoms with Gasteiger partial charge in [-0.2, -0.15) is 0 Å². The van der Waals surface area contributed by atoms with E-state index >= 15 is 0 Å². The molecule has 0 radical (unpaired) electrons. The van der Waals surface area contributed by atoms with Crippen molar-refractivity contribution in [1.29, 1.82) is 0 Å². The average Bonchev–Trinajstić information content (AvgIpc) is 3.52. The molecule has 0 amide bonds. The number of ether oxygens (including phenoxy) is 3. The molecule has 0 saturated carbocycles. The molecule has 0 aliphatic carbocycles. The number of methoxy groups -OCH3 is 1. The van der Waals surface area contributed by atoms with Crippen molar-refractivity contribution >= 4 is 40.1 Å². The molecule has 1 aliphatic rings. The first kappa shape index (κ1) is 22.7. The molecule has 0 spiro atoms. The second-order valence-corrected chi connectivity index (χ2v) is 8.51. The Hall–Kier alpha value is -4.05. The van der Waals surface area contributed by atoms with E-state index in [4.69, 9.17) is 14.2 Å². The molecular formula is C25H26N6O4. The number of carbonyl (C=O) groups excluding carboxylic acids is 1. The van der Waals surface area contributed by atoms with E-state index in [1.807, 2.05) is 60.1 Å². The lowest BCUT2D eigenvalue weighted by Crippen LogP contribution is -2.18. The highest BCUT2D eigenvalue weighted by atomic mass is 16.6. The Labute approximate surface area is 202 Å². The predicted octanol–water partition coefficient (Wildman–Crippen LogP) is 3.74.